The number of aromatic nitrogens is 1. The summed E-state index contributed by atoms with van der Waals surface area (Å²) in [6, 6.07) is 12.9. The highest BCUT2D eigenvalue weighted by Gasteiger charge is 2.44. The summed E-state index contributed by atoms with van der Waals surface area (Å²) in [6.07, 6.45) is 4.94. The molecule has 24 heavy (non-hydrogen) atoms. The van der Waals surface area contributed by atoms with E-state index in [-0.39, 0.29) is 30.1 Å². The highest BCUT2D eigenvalue weighted by molar-refractivity contribution is 6.30. The second-order valence-corrected chi connectivity index (χ2v) is 6.90. The van der Waals surface area contributed by atoms with Crippen molar-refractivity contribution in [2.24, 2.45) is 5.92 Å². The molecule has 4 rings (SSSR count). The lowest BCUT2D eigenvalue weighted by Crippen LogP contribution is -2.38. The highest BCUT2D eigenvalue weighted by Crippen LogP contribution is 2.39. The molecule has 0 spiro atoms. The summed E-state index contributed by atoms with van der Waals surface area (Å²) in [5.41, 5.74) is 1.73. The highest BCUT2D eigenvalue weighted by atomic mass is 35.5. The quantitative estimate of drug-likeness (QED) is 0.925. The molecule has 3 heterocycles. The minimum Gasteiger partial charge on any atom is -0.374 e. The minimum atomic E-state index is -0.309. The van der Waals surface area contributed by atoms with Crippen LogP contribution in [0.5, 0.6) is 0 Å². The van der Waals surface area contributed by atoms with E-state index in [9.17, 15) is 4.79 Å². The summed E-state index contributed by atoms with van der Waals surface area (Å²) >= 11 is 6.14. The van der Waals surface area contributed by atoms with Gasteiger partial charge in [-0.3, -0.25) is 9.78 Å². The molecule has 4 atom stereocenters. The van der Waals surface area contributed by atoms with Crippen LogP contribution in [0.1, 0.15) is 36.6 Å². The average Bonchev–Trinajstić information content (AvgIpc) is 3.23. The molecule has 1 amide bonds. The Morgan fingerprint density at radius 1 is 1.25 bits per heavy atom. The number of nitrogens with zero attached hydrogens (tertiary/aromatic N) is 1. The summed E-state index contributed by atoms with van der Waals surface area (Å²) in [6.45, 7) is 0. The van der Waals surface area contributed by atoms with Crippen LogP contribution in [0.4, 0.5) is 0 Å². The topological polar surface area (TPSA) is 51.2 Å². The normalized spacial score (nSPS) is 26.3. The largest absolute Gasteiger partial charge is 0.374 e. The van der Waals surface area contributed by atoms with Crippen molar-refractivity contribution in [1.29, 1.82) is 0 Å². The van der Waals surface area contributed by atoms with Crippen LogP contribution >= 0.6 is 11.6 Å². The zero-order valence-corrected chi connectivity index (χ0v) is 13.9. The van der Waals surface area contributed by atoms with Crippen molar-refractivity contribution in [2.45, 2.75) is 37.5 Å². The van der Waals surface area contributed by atoms with Gasteiger partial charge in [-0.25, -0.2) is 0 Å². The fourth-order valence-corrected chi connectivity index (χ4v) is 3.92. The van der Waals surface area contributed by atoms with Gasteiger partial charge < -0.3 is 10.1 Å². The van der Waals surface area contributed by atoms with Crippen molar-refractivity contribution in [3.63, 3.8) is 0 Å². The number of pyridine rings is 1. The zero-order chi connectivity index (χ0) is 16.5. The standard InChI is InChI=1S/C19H19ClN2O2/c20-13-5-3-4-12(10-13)18(16-6-1-2-9-21-16)22-19(23)15-11-14-7-8-17(15)24-14/h1-6,9-10,14-15,17-18H,7-8,11H2,(H,22,23)/t14-,15+,17-,18-/m1/s1. The van der Waals surface area contributed by atoms with Gasteiger partial charge in [0.2, 0.25) is 5.91 Å². The molecule has 0 radical (unpaired) electrons. The molecule has 124 valence electrons. The molecule has 2 bridgehead atoms. The van der Waals surface area contributed by atoms with Crippen molar-refractivity contribution in [1.82, 2.24) is 10.3 Å². The van der Waals surface area contributed by atoms with E-state index in [2.05, 4.69) is 10.3 Å². The van der Waals surface area contributed by atoms with Crippen LogP contribution in [0.2, 0.25) is 5.02 Å². The van der Waals surface area contributed by atoms with Crippen molar-refractivity contribution in [3.05, 3.63) is 64.9 Å². The van der Waals surface area contributed by atoms with Crippen molar-refractivity contribution >= 4 is 17.5 Å². The van der Waals surface area contributed by atoms with E-state index in [1.807, 2.05) is 42.5 Å². The maximum absolute atomic E-state index is 12.8. The summed E-state index contributed by atoms with van der Waals surface area (Å²) < 4.78 is 5.82. The van der Waals surface area contributed by atoms with E-state index in [1.54, 1.807) is 6.20 Å². The lowest BCUT2D eigenvalue weighted by molar-refractivity contribution is -0.127. The summed E-state index contributed by atoms with van der Waals surface area (Å²) in [7, 11) is 0. The Balaban J connectivity index is 1.60. The van der Waals surface area contributed by atoms with Crippen LogP contribution < -0.4 is 5.32 Å². The van der Waals surface area contributed by atoms with Crippen LogP contribution in [0.3, 0.4) is 0 Å². The number of benzene rings is 1. The maximum Gasteiger partial charge on any atom is 0.226 e. The Morgan fingerprint density at radius 2 is 2.17 bits per heavy atom. The summed E-state index contributed by atoms with van der Waals surface area (Å²) in [5, 5.41) is 3.81. The maximum atomic E-state index is 12.8. The van der Waals surface area contributed by atoms with Gasteiger partial charge in [-0.05, 0) is 49.1 Å². The van der Waals surface area contributed by atoms with Crippen LogP contribution in [0, 0.1) is 5.92 Å². The first-order chi connectivity index (χ1) is 11.7. The van der Waals surface area contributed by atoms with Gasteiger partial charge in [-0.2, -0.15) is 0 Å². The van der Waals surface area contributed by atoms with E-state index in [0.29, 0.717) is 5.02 Å². The molecule has 1 aromatic carbocycles. The third-order valence-corrected chi connectivity index (χ3v) is 5.13. The lowest BCUT2D eigenvalue weighted by Gasteiger charge is -2.24. The Bertz CT molecular complexity index is 737. The minimum absolute atomic E-state index is 0.0397. The first-order valence-electron chi connectivity index (χ1n) is 8.33. The molecule has 5 heteroatoms. The molecule has 4 nitrogen and oxygen atoms in total. The molecular formula is C19H19ClN2O2. The second-order valence-electron chi connectivity index (χ2n) is 6.47. The van der Waals surface area contributed by atoms with Crippen molar-refractivity contribution in [3.8, 4) is 0 Å². The fourth-order valence-electron chi connectivity index (χ4n) is 3.72. The molecule has 2 aromatic rings. The number of rotatable bonds is 4. The van der Waals surface area contributed by atoms with E-state index in [4.69, 9.17) is 16.3 Å². The number of amides is 1. The number of carbonyl (C=O) groups is 1. The number of halogens is 1. The number of hydrogen-bond donors (Lipinski definition) is 1. The molecule has 2 saturated heterocycles. The zero-order valence-electron chi connectivity index (χ0n) is 13.2. The summed E-state index contributed by atoms with van der Waals surface area (Å²) in [5.74, 6) is -0.0213. The van der Waals surface area contributed by atoms with Gasteiger partial charge in [0.25, 0.3) is 0 Å². The fraction of sp³-hybridized carbons (Fsp3) is 0.368. The third-order valence-electron chi connectivity index (χ3n) is 4.89. The Hall–Kier alpha value is -1.91. The van der Waals surface area contributed by atoms with E-state index in [0.717, 1.165) is 30.5 Å². The monoisotopic (exact) mass is 342 g/mol. The predicted octanol–water partition coefficient (Wildman–Crippen LogP) is 3.51. The van der Waals surface area contributed by atoms with E-state index >= 15 is 0 Å². The van der Waals surface area contributed by atoms with Crippen LogP contribution in [0.25, 0.3) is 0 Å². The molecule has 2 aliphatic rings. The molecule has 0 unspecified atom stereocenters. The van der Waals surface area contributed by atoms with Crippen LogP contribution in [-0.2, 0) is 9.53 Å². The molecule has 2 fully saturated rings. The van der Waals surface area contributed by atoms with Crippen molar-refractivity contribution < 1.29 is 9.53 Å². The Kier molecular flexibility index (Phi) is 4.25. The SMILES string of the molecule is O=C(N[C@H](c1cccc(Cl)c1)c1ccccn1)[C@H]1C[C@H]2CC[C@H]1O2. The van der Waals surface area contributed by atoms with Crippen molar-refractivity contribution in [2.75, 3.05) is 0 Å². The first-order valence-corrected chi connectivity index (χ1v) is 8.71. The second kappa shape index (κ2) is 6.54. The number of ether oxygens (including phenoxy) is 1. The molecule has 1 N–H and O–H groups in total. The van der Waals surface area contributed by atoms with Gasteiger partial charge in [-0.15, -0.1) is 0 Å². The number of hydrogen-bond acceptors (Lipinski definition) is 3. The third kappa shape index (κ3) is 3.04. The lowest BCUT2D eigenvalue weighted by atomic mass is 9.88. The predicted molar refractivity (Wildman–Crippen MR) is 91.7 cm³/mol. The Labute approximate surface area is 146 Å². The van der Waals surface area contributed by atoms with Crippen LogP contribution in [-0.4, -0.2) is 23.1 Å². The molecule has 2 aliphatic heterocycles. The van der Waals surface area contributed by atoms with Gasteiger partial charge in [0, 0.05) is 11.2 Å². The van der Waals surface area contributed by atoms with E-state index < -0.39 is 0 Å². The van der Waals surface area contributed by atoms with Gasteiger partial charge in [0.1, 0.15) is 0 Å². The molecular weight excluding hydrogens is 324 g/mol. The molecule has 0 aliphatic carbocycles. The Morgan fingerprint density at radius 3 is 2.83 bits per heavy atom. The summed E-state index contributed by atoms with van der Waals surface area (Å²) in [4.78, 5) is 17.2. The molecule has 1 aromatic heterocycles. The number of carbonyl (C=O) groups excluding carboxylic acids is 1. The van der Waals surface area contributed by atoms with Gasteiger partial charge >= 0.3 is 0 Å². The van der Waals surface area contributed by atoms with Gasteiger partial charge in [0.05, 0.1) is 29.9 Å². The first kappa shape index (κ1) is 15.6. The van der Waals surface area contributed by atoms with Crippen LogP contribution in [0.15, 0.2) is 48.7 Å². The number of fused-ring (bicyclic) bond motifs is 2. The molecule has 0 saturated carbocycles. The smallest absolute Gasteiger partial charge is 0.226 e. The van der Waals surface area contributed by atoms with Gasteiger partial charge in [0.15, 0.2) is 0 Å². The van der Waals surface area contributed by atoms with E-state index in [1.165, 1.54) is 0 Å². The van der Waals surface area contributed by atoms with Gasteiger partial charge in [-0.1, -0.05) is 29.8 Å². The number of nitrogens with one attached hydrogen (secondary N) is 1. The average molecular weight is 343 g/mol.